The molecule has 2 rings (SSSR count). The van der Waals surface area contributed by atoms with Crippen LogP contribution < -0.4 is 0 Å². The van der Waals surface area contributed by atoms with Crippen molar-refractivity contribution in [3.8, 4) is 0 Å². The summed E-state index contributed by atoms with van der Waals surface area (Å²) < 4.78 is 32.3. The van der Waals surface area contributed by atoms with Crippen molar-refractivity contribution in [1.29, 1.82) is 0 Å². The summed E-state index contributed by atoms with van der Waals surface area (Å²) >= 11 is 0. The van der Waals surface area contributed by atoms with Gasteiger partial charge in [-0.2, -0.15) is 4.89 Å². The van der Waals surface area contributed by atoms with Crippen molar-refractivity contribution in [3.05, 3.63) is 0 Å². The summed E-state index contributed by atoms with van der Waals surface area (Å²) in [5.41, 5.74) is 0. The molecule has 0 aliphatic carbocycles. The molecule has 2 fully saturated rings. The number of ether oxygens (including phenoxy) is 6. The molecule has 12 heteroatoms. The summed E-state index contributed by atoms with van der Waals surface area (Å²) in [6, 6.07) is 0. The SMILES string of the molecule is CC(=O)OC[C@H]1O[C@H](OC(C)=O)[C@@H](CC2(C)OCOO2)[C@@H](OC(C)=O)[C@@H]1OC(C)=O. The van der Waals surface area contributed by atoms with Crippen LogP contribution in [0.4, 0.5) is 0 Å². The third-order valence-electron chi connectivity index (χ3n) is 4.36. The number of esters is 4. The average molecular weight is 434 g/mol. The van der Waals surface area contributed by atoms with Gasteiger partial charge >= 0.3 is 23.9 Å². The molecule has 2 aliphatic rings. The lowest BCUT2D eigenvalue weighted by Gasteiger charge is -2.45. The second-order valence-electron chi connectivity index (χ2n) is 7.07. The monoisotopic (exact) mass is 434 g/mol. The lowest BCUT2D eigenvalue weighted by atomic mass is 9.85. The van der Waals surface area contributed by atoms with E-state index in [0.29, 0.717) is 0 Å². The Morgan fingerprint density at radius 1 is 0.900 bits per heavy atom. The molecule has 30 heavy (non-hydrogen) atoms. The molecule has 1 unspecified atom stereocenters. The number of carbonyl (C=O) groups excluding carboxylic acids is 4. The smallest absolute Gasteiger partial charge is 0.304 e. The maximum absolute atomic E-state index is 11.8. The molecule has 12 nitrogen and oxygen atoms in total. The van der Waals surface area contributed by atoms with Crippen LogP contribution in [0.1, 0.15) is 41.0 Å². The van der Waals surface area contributed by atoms with Gasteiger partial charge in [-0.1, -0.05) is 0 Å². The van der Waals surface area contributed by atoms with Crippen molar-refractivity contribution in [2.45, 2.75) is 71.4 Å². The Bertz CT molecular complexity index is 656. The van der Waals surface area contributed by atoms with Gasteiger partial charge in [-0.05, 0) is 6.92 Å². The molecular weight excluding hydrogens is 408 g/mol. The normalized spacial score (nSPS) is 33.4. The van der Waals surface area contributed by atoms with Gasteiger partial charge < -0.3 is 28.4 Å². The fourth-order valence-corrected chi connectivity index (χ4v) is 3.31. The number of hydrogen-bond donors (Lipinski definition) is 0. The molecule has 0 spiro atoms. The second-order valence-corrected chi connectivity index (χ2v) is 7.07. The Kier molecular flexibility index (Phi) is 8.12. The van der Waals surface area contributed by atoms with Gasteiger partial charge in [0.25, 0.3) is 0 Å². The summed E-state index contributed by atoms with van der Waals surface area (Å²) in [6.07, 6.45) is -4.62. The van der Waals surface area contributed by atoms with Gasteiger partial charge in [0, 0.05) is 34.1 Å². The first-order valence-corrected chi connectivity index (χ1v) is 9.26. The Morgan fingerprint density at radius 2 is 1.50 bits per heavy atom. The van der Waals surface area contributed by atoms with Crippen LogP contribution in [-0.2, 0) is 57.4 Å². The molecule has 0 aromatic rings. The van der Waals surface area contributed by atoms with Crippen LogP contribution in [0.3, 0.4) is 0 Å². The highest BCUT2D eigenvalue weighted by Crippen LogP contribution is 2.39. The van der Waals surface area contributed by atoms with Gasteiger partial charge in [0.2, 0.25) is 12.1 Å². The fraction of sp³-hybridized carbons (Fsp3) is 0.778. The predicted molar refractivity (Wildman–Crippen MR) is 92.8 cm³/mol. The summed E-state index contributed by atoms with van der Waals surface area (Å²) in [6.45, 7) is 5.81. The Morgan fingerprint density at radius 3 is 2.00 bits per heavy atom. The zero-order valence-corrected chi connectivity index (χ0v) is 17.4. The van der Waals surface area contributed by atoms with Crippen molar-refractivity contribution in [1.82, 2.24) is 0 Å². The summed E-state index contributed by atoms with van der Waals surface area (Å²) in [4.78, 5) is 56.4. The molecule has 2 aliphatic heterocycles. The highest BCUT2D eigenvalue weighted by atomic mass is 17.3. The molecule has 0 aromatic heterocycles. The van der Waals surface area contributed by atoms with Crippen molar-refractivity contribution in [3.63, 3.8) is 0 Å². The summed E-state index contributed by atoms with van der Waals surface area (Å²) in [5.74, 6) is -4.77. The minimum absolute atomic E-state index is 0.0130. The number of rotatable bonds is 7. The highest BCUT2D eigenvalue weighted by molar-refractivity contribution is 5.68. The van der Waals surface area contributed by atoms with Crippen molar-refractivity contribution in [2.24, 2.45) is 5.92 Å². The zero-order chi connectivity index (χ0) is 22.5. The first-order valence-electron chi connectivity index (χ1n) is 9.26. The molecule has 0 radical (unpaired) electrons. The van der Waals surface area contributed by atoms with Gasteiger partial charge in [-0.15, -0.1) is 0 Å². The molecule has 6 atom stereocenters. The molecule has 0 amide bonds. The highest BCUT2D eigenvalue weighted by Gasteiger charge is 2.54. The van der Waals surface area contributed by atoms with E-state index < -0.39 is 60.2 Å². The molecule has 2 saturated heterocycles. The Labute approximate surface area is 172 Å². The lowest BCUT2D eigenvalue weighted by Crippen LogP contribution is -2.60. The maximum Gasteiger partial charge on any atom is 0.304 e. The lowest BCUT2D eigenvalue weighted by molar-refractivity contribution is -0.337. The Hall–Kier alpha value is -2.28. The van der Waals surface area contributed by atoms with Crippen LogP contribution in [0.2, 0.25) is 0 Å². The first kappa shape index (κ1) is 24.0. The molecule has 170 valence electrons. The van der Waals surface area contributed by atoms with E-state index in [1.165, 1.54) is 27.7 Å². The van der Waals surface area contributed by atoms with E-state index in [1.807, 2.05) is 0 Å². The minimum atomic E-state index is -1.27. The molecule has 0 saturated carbocycles. The number of carbonyl (C=O) groups is 4. The third-order valence-corrected chi connectivity index (χ3v) is 4.36. The zero-order valence-electron chi connectivity index (χ0n) is 17.4. The minimum Gasteiger partial charge on any atom is -0.463 e. The van der Waals surface area contributed by atoms with E-state index in [0.717, 1.165) is 0 Å². The molecule has 2 heterocycles. The average Bonchev–Trinajstić information content (AvgIpc) is 3.03. The van der Waals surface area contributed by atoms with Crippen LogP contribution in [0.25, 0.3) is 0 Å². The van der Waals surface area contributed by atoms with Crippen LogP contribution in [0.5, 0.6) is 0 Å². The second kappa shape index (κ2) is 10.2. The summed E-state index contributed by atoms with van der Waals surface area (Å²) in [7, 11) is 0. The van der Waals surface area contributed by atoms with E-state index in [-0.39, 0.29) is 19.8 Å². The Balaban J connectivity index is 2.40. The quantitative estimate of drug-likeness (QED) is 0.310. The van der Waals surface area contributed by atoms with E-state index in [4.69, 9.17) is 38.2 Å². The summed E-state index contributed by atoms with van der Waals surface area (Å²) in [5, 5.41) is 0. The maximum atomic E-state index is 11.8. The molecular formula is C18H26O12. The van der Waals surface area contributed by atoms with E-state index in [1.54, 1.807) is 6.92 Å². The largest absolute Gasteiger partial charge is 0.463 e. The molecule has 0 aromatic carbocycles. The first-order chi connectivity index (χ1) is 14.0. The van der Waals surface area contributed by atoms with Crippen LogP contribution in [0, 0.1) is 5.92 Å². The fourth-order valence-electron chi connectivity index (χ4n) is 3.31. The molecule has 0 N–H and O–H groups in total. The number of hydrogen-bond acceptors (Lipinski definition) is 12. The van der Waals surface area contributed by atoms with Crippen LogP contribution >= 0.6 is 0 Å². The van der Waals surface area contributed by atoms with E-state index >= 15 is 0 Å². The van der Waals surface area contributed by atoms with E-state index in [2.05, 4.69) is 0 Å². The van der Waals surface area contributed by atoms with Crippen molar-refractivity contribution in [2.75, 3.05) is 13.4 Å². The van der Waals surface area contributed by atoms with Gasteiger partial charge in [0.15, 0.2) is 19.0 Å². The standard InChI is InChI=1S/C18H26O12/c1-9(19)23-7-14-16(27-11(3)21)15(26-10(2)20)13(17(29-14)28-12(4)22)6-18(5)24-8-25-30-18/h13-17H,6-8H2,1-5H3/t13-,14+,15+,16+,17-,18?/m0/s1. The van der Waals surface area contributed by atoms with Crippen molar-refractivity contribution >= 4 is 23.9 Å². The van der Waals surface area contributed by atoms with Gasteiger partial charge in [-0.25, -0.2) is 4.89 Å². The predicted octanol–water partition coefficient (Wildman–Crippen LogP) is 0.359. The third kappa shape index (κ3) is 6.62. The van der Waals surface area contributed by atoms with Crippen LogP contribution in [-0.4, -0.2) is 67.7 Å². The topological polar surface area (TPSA) is 142 Å². The molecule has 0 bridgehead atoms. The van der Waals surface area contributed by atoms with Crippen molar-refractivity contribution < 1.29 is 57.4 Å². The van der Waals surface area contributed by atoms with Gasteiger partial charge in [-0.3, -0.25) is 19.2 Å². The van der Waals surface area contributed by atoms with Gasteiger partial charge in [0.05, 0.1) is 5.92 Å². The van der Waals surface area contributed by atoms with Gasteiger partial charge in [0.1, 0.15) is 12.7 Å². The van der Waals surface area contributed by atoms with E-state index in [9.17, 15) is 19.2 Å². The van der Waals surface area contributed by atoms with Crippen LogP contribution in [0.15, 0.2) is 0 Å².